The lowest BCUT2D eigenvalue weighted by molar-refractivity contribution is 0.0527. The van der Waals surface area contributed by atoms with Crippen LogP contribution >= 0.6 is 11.3 Å². The van der Waals surface area contributed by atoms with Gasteiger partial charge in [0, 0.05) is 24.5 Å². The Labute approximate surface area is 146 Å². The van der Waals surface area contributed by atoms with Crippen molar-refractivity contribution in [2.75, 3.05) is 32.0 Å². The van der Waals surface area contributed by atoms with Crippen LogP contribution in [0.25, 0.3) is 0 Å². The van der Waals surface area contributed by atoms with Gasteiger partial charge in [-0.25, -0.2) is 9.48 Å². The number of carbonyl (C=O) groups is 1. The zero-order valence-corrected chi connectivity index (χ0v) is 14.8. The quantitative estimate of drug-likeness (QED) is 0.812. The normalized spacial score (nSPS) is 16.4. The number of carbonyl (C=O) groups excluding carboxylic acids is 1. The minimum atomic E-state index is -0.394. The maximum absolute atomic E-state index is 11.8. The third-order valence-corrected chi connectivity index (χ3v) is 5.42. The zero-order valence-electron chi connectivity index (χ0n) is 14.0. The lowest BCUT2D eigenvalue weighted by Crippen LogP contribution is -2.36. The zero-order chi connectivity index (χ0) is 16.9. The van der Waals surface area contributed by atoms with Crippen molar-refractivity contribution in [3.63, 3.8) is 0 Å². The van der Waals surface area contributed by atoms with Crippen molar-refractivity contribution < 1.29 is 9.53 Å². The van der Waals surface area contributed by atoms with Crippen molar-refractivity contribution in [1.29, 1.82) is 0 Å². The van der Waals surface area contributed by atoms with Gasteiger partial charge in [-0.15, -0.1) is 11.3 Å². The highest BCUT2D eigenvalue weighted by Crippen LogP contribution is 2.26. The molecule has 0 atom stereocenters. The molecule has 24 heavy (non-hydrogen) atoms. The van der Waals surface area contributed by atoms with Crippen LogP contribution in [0.15, 0.2) is 23.7 Å². The standard InChI is InChI=1S/C17H24N4O2S/c1-2-23-17(22)15-12-19-21(16(15)18)13-5-8-20(9-6-13)10-7-14-4-3-11-24-14/h3-4,11-13H,2,5-10,18H2,1H3. The number of esters is 1. The maximum atomic E-state index is 11.8. The second-order valence-electron chi connectivity index (χ2n) is 6.01. The van der Waals surface area contributed by atoms with Gasteiger partial charge in [-0.2, -0.15) is 5.10 Å². The van der Waals surface area contributed by atoms with Gasteiger partial charge in [-0.05, 0) is 37.6 Å². The summed E-state index contributed by atoms with van der Waals surface area (Å²) in [5.74, 6) is 0.0279. The third-order valence-electron chi connectivity index (χ3n) is 4.49. The van der Waals surface area contributed by atoms with E-state index in [0.29, 0.717) is 18.0 Å². The molecule has 3 rings (SSSR count). The highest BCUT2D eigenvalue weighted by atomic mass is 32.1. The van der Waals surface area contributed by atoms with Crippen LogP contribution in [-0.4, -0.2) is 46.9 Å². The van der Waals surface area contributed by atoms with Crippen molar-refractivity contribution in [1.82, 2.24) is 14.7 Å². The van der Waals surface area contributed by atoms with E-state index in [9.17, 15) is 4.79 Å². The fourth-order valence-electron chi connectivity index (χ4n) is 3.14. The summed E-state index contributed by atoms with van der Waals surface area (Å²) in [4.78, 5) is 15.8. The number of rotatable bonds is 6. The average molecular weight is 348 g/mol. The Morgan fingerprint density at radius 2 is 2.25 bits per heavy atom. The van der Waals surface area contributed by atoms with E-state index in [4.69, 9.17) is 10.5 Å². The molecule has 0 amide bonds. The van der Waals surface area contributed by atoms with Crippen LogP contribution in [0.5, 0.6) is 0 Å². The van der Waals surface area contributed by atoms with Crippen LogP contribution in [0.1, 0.15) is 41.0 Å². The largest absolute Gasteiger partial charge is 0.462 e. The first-order chi connectivity index (χ1) is 11.7. The SMILES string of the molecule is CCOC(=O)c1cnn(C2CCN(CCc3cccs3)CC2)c1N. The number of anilines is 1. The number of piperidine rings is 1. The Morgan fingerprint density at radius 3 is 2.92 bits per heavy atom. The van der Waals surface area contributed by atoms with Crippen molar-refractivity contribution in [3.8, 4) is 0 Å². The van der Waals surface area contributed by atoms with Crippen LogP contribution in [0.2, 0.25) is 0 Å². The van der Waals surface area contributed by atoms with Crippen LogP contribution in [0.4, 0.5) is 5.82 Å². The van der Waals surface area contributed by atoms with Gasteiger partial charge in [0.2, 0.25) is 0 Å². The molecule has 1 aliphatic heterocycles. The van der Waals surface area contributed by atoms with E-state index in [1.165, 1.54) is 11.1 Å². The highest BCUT2D eigenvalue weighted by molar-refractivity contribution is 7.09. The summed E-state index contributed by atoms with van der Waals surface area (Å²) in [7, 11) is 0. The molecular formula is C17H24N4O2S. The molecule has 2 aromatic rings. The molecule has 6 nitrogen and oxygen atoms in total. The van der Waals surface area contributed by atoms with Gasteiger partial charge in [-0.3, -0.25) is 0 Å². The summed E-state index contributed by atoms with van der Waals surface area (Å²) in [5, 5.41) is 6.46. The number of nitrogens with two attached hydrogens (primary N) is 1. The Kier molecular flexibility index (Phi) is 5.52. The summed E-state index contributed by atoms with van der Waals surface area (Å²) in [6, 6.07) is 4.55. The molecular weight excluding hydrogens is 324 g/mol. The monoisotopic (exact) mass is 348 g/mol. The predicted molar refractivity (Wildman–Crippen MR) is 95.3 cm³/mol. The number of likely N-dealkylation sites (tertiary alicyclic amines) is 1. The molecule has 130 valence electrons. The van der Waals surface area contributed by atoms with Crippen molar-refractivity contribution in [2.45, 2.75) is 32.2 Å². The van der Waals surface area contributed by atoms with Gasteiger partial charge in [0.15, 0.2) is 0 Å². The third kappa shape index (κ3) is 3.79. The number of nitrogens with zero attached hydrogens (tertiary/aromatic N) is 3. The number of thiophene rings is 1. The summed E-state index contributed by atoms with van der Waals surface area (Å²) < 4.78 is 6.81. The highest BCUT2D eigenvalue weighted by Gasteiger charge is 2.25. The molecule has 0 radical (unpaired) electrons. The van der Waals surface area contributed by atoms with Gasteiger partial charge in [0.1, 0.15) is 11.4 Å². The van der Waals surface area contributed by atoms with Crippen molar-refractivity contribution in [3.05, 3.63) is 34.2 Å². The van der Waals surface area contributed by atoms with E-state index in [1.54, 1.807) is 11.6 Å². The predicted octanol–water partition coefficient (Wildman–Crippen LogP) is 2.58. The van der Waals surface area contributed by atoms with Gasteiger partial charge < -0.3 is 15.4 Å². The Bertz CT molecular complexity index is 660. The van der Waals surface area contributed by atoms with Gasteiger partial charge in [-0.1, -0.05) is 6.07 Å². The number of hydrogen-bond acceptors (Lipinski definition) is 6. The molecule has 1 saturated heterocycles. The van der Waals surface area contributed by atoms with E-state index < -0.39 is 5.97 Å². The minimum Gasteiger partial charge on any atom is -0.462 e. The molecule has 0 spiro atoms. The van der Waals surface area contributed by atoms with Crippen LogP contribution in [0.3, 0.4) is 0 Å². The smallest absolute Gasteiger partial charge is 0.343 e. The Balaban J connectivity index is 1.54. The molecule has 7 heteroatoms. The van der Waals surface area contributed by atoms with Gasteiger partial charge >= 0.3 is 5.97 Å². The van der Waals surface area contributed by atoms with E-state index in [-0.39, 0.29) is 6.04 Å². The van der Waals surface area contributed by atoms with Crippen LogP contribution in [0, 0.1) is 0 Å². The molecule has 0 bridgehead atoms. The first kappa shape index (κ1) is 17.0. The summed E-state index contributed by atoms with van der Waals surface area (Å²) >= 11 is 1.82. The number of hydrogen-bond donors (Lipinski definition) is 1. The van der Waals surface area contributed by atoms with E-state index in [0.717, 1.165) is 38.9 Å². The molecule has 2 aromatic heterocycles. The van der Waals surface area contributed by atoms with E-state index in [1.807, 2.05) is 11.3 Å². The second kappa shape index (κ2) is 7.81. The molecule has 0 saturated carbocycles. The molecule has 3 heterocycles. The molecule has 1 aliphatic rings. The summed E-state index contributed by atoms with van der Waals surface area (Å²) in [6.07, 6.45) is 4.63. The Hall–Kier alpha value is -1.86. The van der Waals surface area contributed by atoms with Crippen LogP contribution < -0.4 is 5.73 Å². The maximum Gasteiger partial charge on any atom is 0.343 e. The minimum absolute atomic E-state index is 0.256. The first-order valence-corrected chi connectivity index (χ1v) is 9.31. The molecule has 0 aromatic carbocycles. The van der Waals surface area contributed by atoms with Gasteiger partial charge in [0.05, 0.1) is 18.8 Å². The number of nitrogen functional groups attached to an aromatic ring is 1. The lowest BCUT2D eigenvalue weighted by atomic mass is 10.0. The fraction of sp³-hybridized carbons (Fsp3) is 0.529. The average Bonchev–Trinajstić information content (AvgIpc) is 3.23. The lowest BCUT2D eigenvalue weighted by Gasteiger charge is -2.32. The van der Waals surface area contributed by atoms with E-state index in [2.05, 4.69) is 27.5 Å². The van der Waals surface area contributed by atoms with Crippen molar-refractivity contribution in [2.24, 2.45) is 0 Å². The fourth-order valence-corrected chi connectivity index (χ4v) is 3.84. The topological polar surface area (TPSA) is 73.4 Å². The summed E-state index contributed by atoms with van der Waals surface area (Å²) in [6.45, 7) is 5.28. The van der Waals surface area contributed by atoms with Gasteiger partial charge in [0.25, 0.3) is 0 Å². The second-order valence-corrected chi connectivity index (χ2v) is 7.04. The van der Waals surface area contributed by atoms with E-state index >= 15 is 0 Å². The number of ether oxygens (including phenoxy) is 1. The molecule has 0 aliphatic carbocycles. The Morgan fingerprint density at radius 1 is 1.46 bits per heavy atom. The van der Waals surface area contributed by atoms with Crippen molar-refractivity contribution >= 4 is 23.1 Å². The molecule has 2 N–H and O–H groups in total. The summed E-state index contributed by atoms with van der Waals surface area (Å²) in [5.41, 5.74) is 6.48. The first-order valence-electron chi connectivity index (χ1n) is 8.44. The molecule has 1 fully saturated rings. The number of aromatic nitrogens is 2. The molecule has 0 unspecified atom stereocenters. The van der Waals surface area contributed by atoms with Crippen LogP contribution in [-0.2, 0) is 11.2 Å².